The SMILES string of the molecule is N#Cc1ccccc1N1CCCN(CCN2C(=O)NC3(CCCC3)C2=O)CC1. The van der Waals surface area contributed by atoms with Crippen molar-refractivity contribution in [3.05, 3.63) is 29.8 Å². The van der Waals surface area contributed by atoms with Gasteiger partial charge in [0, 0.05) is 32.7 Å². The summed E-state index contributed by atoms with van der Waals surface area (Å²) in [7, 11) is 0. The molecule has 2 aliphatic heterocycles. The molecule has 1 spiro atoms. The van der Waals surface area contributed by atoms with E-state index < -0.39 is 5.54 Å². The Morgan fingerprint density at radius 3 is 2.57 bits per heavy atom. The lowest BCUT2D eigenvalue weighted by molar-refractivity contribution is -0.131. The Morgan fingerprint density at radius 2 is 1.79 bits per heavy atom. The molecule has 28 heavy (non-hydrogen) atoms. The van der Waals surface area contributed by atoms with Gasteiger partial charge in [-0.05, 0) is 37.9 Å². The van der Waals surface area contributed by atoms with Gasteiger partial charge in [0.05, 0.1) is 11.3 Å². The lowest BCUT2D eigenvalue weighted by Crippen LogP contribution is -2.45. The van der Waals surface area contributed by atoms with Gasteiger partial charge in [0.15, 0.2) is 0 Å². The maximum absolute atomic E-state index is 12.8. The zero-order chi connectivity index (χ0) is 19.6. The number of nitrogens with zero attached hydrogens (tertiary/aromatic N) is 4. The topological polar surface area (TPSA) is 79.7 Å². The average Bonchev–Trinajstić information content (AvgIpc) is 3.17. The van der Waals surface area contributed by atoms with Gasteiger partial charge in [0.1, 0.15) is 11.6 Å². The van der Waals surface area contributed by atoms with Crippen molar-refractivity contribution in [2.24, 2.45) is 0 Å². The minimum atomic E-state index is -0.617. The molecular weight excluding hydrogens is 354 g/mol. The van der Waals surface area contributed by atoms with Crippen LogP contribution in [0.1, 0.15) is 37.7 Å². The van der Waals surface area contributed by atoms with Gasteiger partial charge in [0.25, 0.3) is 5.91 Å². The standard InChI is InChI=1S/C21H27N5O2/c22-16-17-6-1-2-7-18(17)25-11-5-10-24(12-14-25)13-15-26-19(27)21(23-20(26)28)8-3-4-9-21/h1-2,6-7H,3-5,8-15H2,(H,23,28). The van der Waals surface area contributed by atoms with Gasteiger partial charge >= 0.3 is 6.03 Å². The van der Waals surface area contributed by atoms with Gasteiger partial charge in [-0.2, -0.15) is 5.26 Å². The van der Waals surface area contributed by atoms with E-state index >= 15 is 0 Å². The largest absolute Gasteiger partial charge is 0.369 e. The van der Waals surface area contributed by atoms with E-state index in [4.69, 9.17) is 0 Å². The summed E-state index contributed by atoms with van der Waals surface area (Å²) in [5, 5.41) is 12.3. The summed E-state index contributed by atoms with van der Waals surface area (Å²) < 4.78 is 0. The Bertz CT molecular complexity index is 796. The van der Waals surface area contributed by atoms with E-state index in [1.54, 1.807) is 0 Å². The number of anilines is 1. The first-order valence-electron chi connectivity index (χ1n) is 10.2. The van der Waals surface area contributed by atoms with Crippen molar-refractivity contribution in [3.63, 3.8) is 0 Å². The minimum Gasteiger partial charge on any atom is -0.369 e. The number of para-hydroxylation sites is 1. The molecule has 1 aliphatic carbocycles. The highest BCUT2D eigenvalue weighted by Crippen LogP contribution is 2.34. The molecule has 1 aromatic carbocycles. The Labute approximate surface area is 165 Å². The number of imide groups is 1. The van der Waals surface area contributed by atoms with E-state index in [0.29, 0.717) is 18.7 Å². The quantitative estimate of drug-likeness (QED) is 0.807. The summed E-state index contributed by atoms with van der Waals surface area (Å²) in [4.78, 5) is 31.1. The fourth-order valence-corrected chi connectivity index (χ4v) is 4.72. The molecule has 148 valence electrons. The predicted molar refractivity (Wildman–Crippen MR) is 106 cm³/mol. The number of carbonyl (C=O) groups excluding carboxylic acids is 2. The molecule has 0 bridgehead atoms. The molecule has 0 unspecified atom stereocenters. The molecule has 3 aliphatic rings. The number of amides is 3. The highest BCUT2D eigenvalue weighted by atomic mass is 16.2. The summed E-state index contributed by atoms with van der Waals surface area (Å²) in [6.07, 6.45) is 4.54. The van der Waals surface area contributed by atoms with Crippen molar-refractivity contribution in [1.29, 1.82) is 5.26 Å². The summed E-state index contributed by atoms with van der Waals surface area (Å²) in [6.45, 7) is 4.67. The highest BCUT2D eigenvalue weighted by Gasteiger charge is 2.52. The number of nitrogens with one attached hydrogen (secondary N) is 1. The van der Waals surface area contributed by atoms with Crippen LogP contribution in [0.4, 0.5) is 10.5 Å². The number of nitriles is 1. The third kappa shape index (κ3) is 3.45. The zero-order valence-corrected chi connectivity index (χ0v) is 16.2. The minimum absolute atomic E-state index is 0.0330. The normalized spacial score (nSPS) is 22.4. The number of rotatable bonds is 4. The zero-order valence-electron chi connectivity index (χ0n) is 16.2. The number of carbonyl (C=O) groups is 2. The fraction of sp³-hybridized carbons (Fsp3) is 0.571. The summed E-state index contributed by atoms with van der Waals surface area (Å²) in [6, 6.07) is 9.76. The number of urea groups is 1. The lowest BCUT2D eigenvalue weighted by atomic mass is 9.98. The number of hydrogen-bond acceptors (Lipinski definition) is 5. The summed E-state index contributed by atoms with van der Waals surface area (Å²) in [5.74, 6) is -0.0330. The van der Waals surface area contributed by atoms with Crippen LogP contribution in [0, 0.1) is 11.3 Å². The molecule has 7 nitrogen and oxygen atoms in total. The number of hydrogen-bond donors (Lipinski definition) is 1. The van der Waals surface area contributed by atoms with Crippen molar-refractivity contribution in [3.8, 4) is 6.07 Å². The van der Waals surface area contributed by atoms with Crippen LogP contribution in [0.3, 0.4) is 0 Å². The molecule has 3 fully saturated rings. The second-order valence-electron chi connectivity index (χ2n) is 7.99. The van der Waals surface area contributed by atoms with Crippen molar-refractivity contribution in [2.45, 2.75) is 37.6 Å². The van der Waals surface area contributed by atoms with Crippen LogP contribution in [0.5, 0.6) is 0 Å². The van der Waals surface area contributed by atoms with Crippen LogP contribution in [0.25, 0.3) is 0 Å². The molecule has 1 N–H and O–H groups in total. The van der Waals surface area contributed by atoms with Gasteiger partial charge < -0.3 is 10.2 Å². The first-order chi connectivity index (χ1) is 13.6. The smallest absolute Gasteiger partial charge is 0.325 e. The third-order valence-corrected chi connectivity index (χ3v) is 6.30. The predicted octanol–water partition coefficient (Wildman–Crippen LogP) is 1.93. The summed E-state index contributed by atoms with van der Waals surface area (Å²) >= 11 is 0. The first kappa shape index (κ1) is 18.8. The Balaban J connectivity index is 1.34. The van der Waals surface area contributed by atoms with Gasteiger partial charge in [-0.3, -0.25) is 14.6 Å². The molecule has 2 saturated heterocycles. The van der Waals surface area contributed by atoms with Gasteiger partial charge in [0.2, 0.25) is 0 Å². The second-order valence-corrected chi connectivity index (χ2v) is 7.99. The van der Waals surface area contributed by atoms with Crippen LogP contribution >= 0.6 is 0 Å². The molecule has 0 radical (unpaired) electrons. The second kappa shape index (κ2) is 7.80. The van der Waals surface area contributed by atoms with Crippen LogP contribution in [0.2, 0.25) is 0 Å². The van der Waals surface area contributed by atoms with E-state index in [2.05, 4.69) is 21.2 Å². The molecule has 1 aromatic rings. The molecular formula is C21H27N5O2. The van der Waals surface area contributed by atoms with Crippen LogP contribution in [-0.2, 0) is 4.79 Å². The van der Waals surface area contributed by atoms with E-state index in [0.717, 1.165) is 64.0 Å². The Kier molecular flexibility index (Phi) is 5.23. The van der Waals surface area contributed by atoms with Gasteiger partial charge in [-0.15, -0.1) is 0 Å². The molecule has 4 rings (SSSR count). The first-order valence-corrected chi connectivity index (χ1v) is 10.2. The van der Waals surface area contributed by atoms with E-state index in [-0.39, 0.29) is 11.9 Å². The maximum atomic E-state index is 12.8. The van der Waals surface area contributed by atoms with E-state index in [9.17, 15) is 14.9 Å². The van der Waals surface area contributed by atoms with Crippen molar-refractivity contribution in [2.75, 3.05) is 44.2 Å². The molecule has 2 heterocycles. The van der Waals surface area contributed by atoms with E-state index in [1.165, 1.54) is 4.90 Å². The highest BCUT2D eigenvalue weighted by molar-refractivity contribution is 6.07. The lowest BCUT2D eigenvalue weighted by Gasteiger charge is -2.25. The average molecular weight is 381 g/mol. The van der Waals surface area contributed by atoms with Crippen molar-refractivity contribution >= 4 is 17.6 Å². The molecule has 0 atom stereocenters. The number of benzene rings is 1. The molecule has 7 heteroatoms. The van der Waals surface area contributed by atoms with Crippen LogP contribution in [-0.4, -0.2) is 66.5 Å². The Hall–Kier alpha value is -2.59. The molecule has 0 aromatic heterocycles. The van der Waals surface area contributed by atoms with Gasteiger partial charge in [-0.25, -0.2) is 4.79 Å². The van der Waals surface area contributed by atoms with Gasteiger partial charge in [-0.1, -0.05) is 25.0 Å². The monoisotopic (exact) mass is 381 g/mol. The maximum Gasteiger partial charge on any atom is 0.325 e. The fourth-order valence-electron chi connectivity index (χ4n) is 4.72. The van der Waals surface area contributed by atoms with Crippen LogP contribution < -0.4 is 10.2 Å². The third-order valence-electron chi connectivity index (χ3n) is 6.30. The Morgan fingerprint density at radius 1 is 1.00 bits per heavy atom. The summed E-state index contributed by atoms with van der Waals surface area (Å²) in [5.41, 5.74) is 1.08. The van der Waals surface area contributed by atoms with Crippen LogP contribution in [0.15, 0.2) is 24.3 Å². The molecule has 3 amide bonds. The molecule has 1 saturated carbocycles. The van der Waals surface area contributed by atoms with E-state index in [1.807, 2.05) is 24.3 Å². The van der Waals surface area contributed by atoms with Crippen molar-refractivity contribution in [1.82, 2.24) is 15.1 Å². The van der Waals surface area contributed by atoms with Crippen molar-refractivity contribution < 1.29 is 9.59 Å².